The van der Waals surface area contributed by atoms with Crippen molar-refractivity contribution in [2.24, 2.45) is 5.41 Å². The Morgan fingerprint density at radius 3 is 2.62 bits per heavy atom. The van der Waals surface area contributed by atoms with E-state index in [1.807, 2.05) is 71.1 Å². The number of fused-ring (bicyclic) bond motifs is 1. The first-order valence-electron chi connectivity index (χ1n) is 11.1. The second-order valence-electron chi connectivity index (χ2n) is 8.89. The highest BCUT2D eigenvalue weighted by molar-refractivity contribution is 5.94. The topological polar surface area (TPSA) is 80.1 Å². The molecule has 32 heavy (non-hydrogen) atoms. The molecule has 2 atom stereocenters. The minimum Gasteiger partial charge on any atom is -0.342 e. The van der Waals surface area contributed by atoms with Gasteiger partial charge in [0.15, 0.2) is 0 Å². The van der Waals surface area contributed by atoms with Crippen LogP contribution in [0.4, 0.5) is 0 Å². The number of benzene rings is 2. The van der Waals surface area contributed by atoms with Gasteiger partial charge in [-0.15, -0.1) is 0 Å². The third-order valence-electron chi connectivity index (χ3n) is 6.99. The molecular weight excluding hydrogens is 402 g/mol. The molecule has 0 bridgehead atoms. The maximum absolute atomic E-state index is 13.1. The van der Waals surface area contributed by atoms with Gasteiger partial charge in [-0.05, 0) is 43.0 Å². The van der Waals surface area contributed by atoms with E-state index in [2.05, 4.69) is 15.4 Å². The predicted octanol–water partition coefficient (Wildman–Crippen LogP) is 2.92. The summed E-state index contributed by atoms with van der Waals surface area (Å²) < 4.78 is 1.87. The summed E-state index contributed by atoms with van der Waals surface area (Å²) in [5.74, 6) is 0.779. The van der Waals surface area contributed by atoms with Gasteiger partial charge in [-0.2, -0.15) is 5.10 Å². The van der Waals surface area contributed by atoms with Gasteiger partial charge in [0.25, 0.3) is 5.91 Å². The molecule has 3 aromatic rings. The van der Waals surface area contributed by atoms with Crippen LogP contribution in [0.15, 0.2) is 60.9 Å². The van der Waals surface area contributed by atoms with Gasteiger partial charge < -0.3 is 10.2 Å². The van der Waals surface area contributed by atoms with Crippen molar-refractivity contribution in [3.8, 4) is 0 Å². The lowest BCUT2D eigenvalue weighted by atomic mass is 9.74. The number of aromatic nitrogens is 3. The fraction of sp³-hybridized carbons (Fsp3) is 0.360. The van der Waals surface area contributed by atoms with Crippen LogP contribution in [0.1, 0.15) is 46.2 Å². The maximum Gasteiger partial charge on any atom is 0.251 e. The van der Waals surface area contributed by atoms with Crippen molar-refractivity contribution in [2.75, 3.05) is 13.1 Å². The van der Waals surface area contributed by atoms with Crippen molar-refractivity contribution in [3.05, 3.63) is 83.4 Å². The van der Waals surface area contributed by atoms with E-state index in [4.69, 9.17) is 0 Å². The van der Waals surface area contributed by atoms with Crippen LogP contribution in [0.3, 0.4) is 0 Å². The van der Waals surface area contributed by atoms with Gasteiger partial charge in [0.2, 0.25) is 5.91 Å². The predicted molar refractivity (Wildman–Crippen MR) is 120 cm³/mol. The second-order valence-corrected chi connectivity index (χ2v) is 8.89. The number of hydrogen-bond donors (Lipinski definition) is 1. The van der Waals surface area contributed by atoms with Gasteiger partial charge in [-0.25, -0.2) is 9.67 Å². The van der Waals surface area contributed by atoms with E-state index in [0.717, 1.165) is 36.3 Å². The zero-order chi connectivity index (χ0) is 22.1. The largest absolute Gasteiger partial charge is 0.342 e. The molecule has 2 unspecified atom stereocenters. The summed E-state index contributed by atoms with van der Waals surface area (Å²) in [7, 11) is 0. The SMILES string of the molecule is Cc1ccccc1CC(=O)N1CCC2(CCn3ncnc3C2NC(=O)c2ccccc2)C1. The van der Waals surface area contributed by atoms with Crippen LogP contribution >= 0.6 is 0 Å². The zero-order valence-corrected chi connectivity index (χ0v) is 18.2. The molecular formula is C25H27N5O2. The molecule has 0 aliphatic carbocycles. The molecule has 1 spiro atoms. The first-order chi connectivity index (χ1) is 15.6. The maximum atomic E-state index is 13.1. The average molecular weight is 430 g/mol. The number of carbonyl (C=O) groups is 2. The standard InChI is InChI=1S/C25H27N5O2/c1-18-7-5-6-10-20(18)15-21(31)29-13-11-25(16-29)12-14-30-23(26-17-27-30)22(25)28-24(32)19-8-3-2-4-9-19/h2-10,17,22H,11-16H2,1H3,(H,28,32). The number of rotatable bonds is 4. The number of hydrogen-bond acceptors (Lipinski definition) is 4. The van der Waals surface area contributed by atoms with Crippen LogP contribution in [0.25, 0.3) is 0 Å². The van der Waals surface area contributed by atoms with Gasteiger partial charge >= 0.3 is 0 Å². The summed E-state index contributed by atoms with van der Waals surface area (Å²) in [6, 6.07) is 17.0. The van der Waals surface area contributed by atoms with E-state index in [9.17, 15) is 9.59 Å². The van der Waals surface area contributed by atoms with E-state index < -0.39 is 0 Å². The first kappa shape index (κ1) is 20.4. The van der Waals surface area contributed by atoms with Crippen molar-refractivity contribution in [1.82, 2.24) is 25.0 Å². The van der Waals surface area contributed by atoms with Gasteiger partial charge in [-0.3, -0.25) is 9.59 Å². The van der Waals surface area contributed by atoms with Crippen molar-refractivity contribution in [2.45, 2.75) is 38.8 Å². The van der Waals surface area contributed by atoms with Gasteiger partial charge in [-0.1, -0.05) is 42.5 Å². The van der Waals surface area contributed by atoms with Crippen molar-refractivity contribution >= 4 is 11.8 Å². The highest BCUT2D eigenvalue weighted by Gasteiger charge is 2.50. The molecule has 2 aromatic carbocycles. The number of carbonyl (C=O) groups excluding carboxylic acids is 2. The summed E-state index contributed by atoms with van der Waals surface area (Å²) in [6.45, 7) is 4.09. The molecule has 2 aliphatic rings. The Morgan fingerprint density at radius 1 is 1.06 bits per heavy atom. The molecule has 1 aromatic heterocycles. The molecule has 1 fully saturated rings. The molecule has 1 saturated heterocycles. The zero-order valence-electron chi connectivity index (χ0n) is 18.2. The van der Waals surface area contributed by atoms with Gasteiger partial charge in [0.05, 0.1) is 12.5 Å². The summed E-state index contributed by atoms with van der Waals surface area (Å²) >= 11 is 0. The van der Waals surface area contributed by atoms with Crippen molar-refractivity contribution in [1.29, 1.82) is 0 Å². The Bertz CT molecular complexity index is 1140. The fourth-order valence-corrected chi connectivity index (χ4v) is 5.07. The number of likely N-dealkylation sites (tertiary alicyclic amines) is 1. The normalized spacial score (nSPS) is 22.0. The van der Waals surface area contributed by atoms with Crippen LogP contribution in [-0.4, -0.2) is 44.6 Å². The summed E-state index contributed by atoms with van der Waals surface area (Å²) in [6.07, 6.45) is 3.63. The fourth-order valence-electron chi connectivity index (χ4n) is 5.07. The molecule has 7 nitrogen and oxygen atoms in total. The molecule has 0 saturated carbocycles. The number of nitrogens with zero attached hydrogens (tertiary/aromatic N) is 4. The molecule has 5 rings (SSSR count). The molecule has 1 N–H and O–H groups in total. The lowest BCUT2D eigenvalue weighted by Gasteiger charge is -2.40. The van der Waals surface area contributed by atoms with E-state index >= 15 is 0 Å². The van der Waals surface area contributed by atoms with Crippen LogP contribution in [-0.2, 0) is 17.8 Å². The molecule has 3 heterocycles. The second kappa shape index (κ2) is 8.22. The van der Waals surface area contributed by atoms with E-state index in [1.165, 1.54) is 0 Å². The van der Waals surface area contributed by atoms with E-state index in [-0.39, 0.29) is 23.3 Å². The van der Waals surface area contributed by atoms with Crippen molar-refractivity contribution < 1.29 is 9.59 Å². The average Bonchev–Trinajstić information content (AvgIpc) is 3.46. The Labute approximate surface area is 187 Å². The van der Waals surface area contributed by atoms with Gasteiger partial charge in [0.1, 0.15) is 12.2 Å². The van der Waals surface area contributed by atoms with Gasteiger partial charge in [0, 0.05) is 30.6 Å². The number of aryl methyl sites for hydroxylation is 2. The molecule has 7 heteroatoms. The minimum absolute atomic E-state index is 0.129. The molecule has 2 amide bonds. The Kier molecular flexibility index (Phi) is 5.25. The first-order valence-corrected chi connectivity index (χ1v) is 11.1. The highest BCUT2D eigenvalue weighted by atomic mass is 16.2. The van der Waals surface area contributed by atoms with Crippen LogP contribution < -0.4 is 5.32 Å². The van der Waals surface area contributed by atoms with Crippen molar-refractivity contribution in [3.63, 3.8) is 0 Å². The Balaban J connectivity index is 1.38. The molecule has 164 valence electrons. The monoisotopic (exact) mass is 429 g/mol. The number of amides is 2. The lowest BCUT2D eigenvalue weighted by Crippen LogP contribution is -2.48. The molecule has 0 radical (unpaired) electrons. The third-order valence-corrected chi connectivity index (χ3v) is 6.99. The third kappa shape index (κ3) is 3.68. The molecule has 2 aliphatic heterocycles. The summed E-state index contributed by atoms with van der Waals surface area (Å²) in [5.41, 5.74) is 2.57. The van der Waals surface area contributed by atoms with E-state index in [0.29, 0.717) is 25.1 Å². The smallest absolute Gasteiger partial charge is 0.251 e. The summed E-state index contributed by atoms with van der Waals surface area (Å²) in [5, 5.41) is 7.56. The number of nitrogens with one attached hydrogen (secondary N) is 1. The van der Waals surface area contributed by atoms with Crippen LogP contribution in [0, 0.1) is 12.3 Å². The Hall–Kier alpha value is -3.48. The van der Waals surface area contributed by atoms with E-state index in [1.54, 1.807) is 6.33 Å². The highest BCUT2D eigenvalue weighted by Crippen LogP contribution is 2.47. The van der Waals surface area contributed by atoms with Crippen LogP contribution in [0.2, 0.25) is 0 Å². The quantitative estimate of drug-likeness (QED) is 0.692. The van der Waals surface area contributed by atoms with Crippen LogP contribution in [0.5, 0.6) is 0 Å². The lowest BCUT2D eigenvalue weighted by molar-refractivity contribution is -0.130. The minimum atomic E-state index is -0.289. The summed E-state index contributed by atoms with van der Waals surface area (Å²) in [4.78, 5) is 32.6. The Morgan fingerprint density at radius 2 is 1.81 bits per heavy atom.